The third kappa shape index (κ3) is 6.01. The van der Waals surface area contributed by atoms with Gasteiger partial charge in [-0.3, -0.25) is 0 Å². The Balaban J connectivity index is 1.51. The van der Waals surface area contributed by atoms with Gasteiger partial charge in [0.05, 0.1) is 13.2 Å². The fraction of sp³-hybridized carbons (Fsp3) is 0.306. The van der Waals surface area contributed by atoms with E-state index in [0.29, 0.717) is 19.0 Å². The van der Waals surface area contributed by atoms with E-state index >= 15 is 0 Å². The first-order chi connectivity index (χ1) is 22.0. The Morgan fingerprint density at radius 2 is 1.62 bits per heavy atom. The van der Waals surface area contributed by atoms with Gasteiger partial charge >= 0.3 is 0 Å². The molecular weight excluding hydrogens is 562 g/mol. The molecule has 9 nitrogen and oxygen atoms in total. The number of aromatic nitrogens is 7. The number of rotatable bonds is 12. The summed E-state index contributed by atoms with van der Waals surface area (Å²) in [6.45, 7) is 9.09. The minimum atomic E-state index is -0.326. The lowest BCUT2D eigenvalue weighted by Crippen LogP contribution is -2.13. The molecule has 3 heterocycles. The van der Waals surface area contributed by atoms with Gasteiger partial charge in [0.15, 0.2) is 17.7 Å². The van der Waals surface area contributed by atoms with E-state index in [-0.39, 0.29) is 12.8 Å². The molecule has 0 fully saturated rings. The standard InChI is InChI=1S/C36H39N7O2/c1-5-7-18-32-38-34-31(23-44)33(28-16-12-9-13-17-28)24(3)37-36(34)42(32)22-26-19-20-29(27-14-10-8-11-15-27)30(21-26)35-39-40-41-43(35)25(4)45-6-2/h8-17,19-21,25,44H,5-7,18,22-23H2,1-4H3. The van der Waals surface area contributed by atoms with Crippen LogP contribution >= 0.6 is 0 Å². The summed E-state index contributed by atoms with van der Waals surface area (Å²) in [5.41, 5.74) is 9.28. The second-order valence-corrected chi connectivity index (χ2v) is 11.2. The fourth-order valence-corrected chi connectivity index (χ4v) is 6.04. The van der Waals surface area contributed by atoms with Crippen molar-refractivity contribution in [1.82, 2.24) is 34.7 Å². The van der Waals surface area contributed by atoms with Gasteiger partial charge in [-0.05, 0) is 65.9 Å². The van der Waals surface area contributed by atoms with Crippen LogP contribution < -0.4 is 0 Å². The van der Waals surface area contributed by atoms with Crippen molar-refractivity contribution in [2.75, 3.05) is 6.61 Å². The summed E-state index contributed by atoms with van der Waals surface area (Å²) in [7, 11) is 0. The molecule has 0 saturated heterocycles. The van der Waals surface area contributed by atoms with Gasteiger partial charge in [0, 0.05) is 35.4 Å². The second kappa shape index (κ2) is 13.5. The molecule has 0 saturated carbocycles. The van der Waals surface area contributed by atoms with Crippen LogP contribution in [0.25, 0.3) is 44.8 Å². The van der Waals surface area contributed by atoms with Gasteiger partial charge < -0.3 is 14.4 Å². The largest absolute Gasteiger partial charge is 0.392 e. The number of hydrogen-bond acceptors (Lipinski definition) is 7. The van der Waals surface area contributed by atoms with Crippen LogP contribution in [0.5, 0.6) is 0 Å². The Morgan fingerprint density at radius 1 is 0.889 bits per heavy atom. The first kappa shape index (κ1) is 30.3. The van der Waals surface area contributed by atoms with Crippen molar-refractivity contribution in [3.8, 4) is 33.6 Å². The van der Waals surface area contributed by atoms with E-state index < -0.39 is 0 Å². The maximum atomic E-state index is 10.6. The van der Waals surface area contributed by atoms with Crippen LogP contribution in [0.4, 0.5) is 0 Å². The molecule has 9 heteroatoms. The van der Waals surface area contributed by atoms with Gasteiger partial charge in [-0.1, -0.05) is 86.1 Å². The average Bonchev–Trinajstić information content (AvgIpc) is 3.69. The second-order valence-electron chi connectivity index (χ2n) is 11.2. The number of imidazole rings is 1. The highest BCUT2D eigenvalue weighted by atomic mass is 16.5. The van der Waals surface area contributed by atoms with Crippen molar-refractivity contribution in [3.63, 3.8) is 0 Å². The van der Waals surface area contributed by atoms with E-state index in [1.165, 1.54) is 0 Å². The molecule has 0 aliphatic rings. The number of tetrazole rings is 1. The highest BCUT2D eigenvalue weighted by Gasteiger charge is 2.23. The quantitative estimate of drug-likeness (QED) is 0.159. The van der Waals surface area contributed by atoms with Crippen LogP contribution in [0.3, 0.4) is 0 Å². The third-order valence-corrected chi connectivity index (χ3v) is 8.21. The molecule has 45 heavy (non-hydrogen) atoms. The van der Waals surface area contributed by atoms with Crippen LogP contribution in [0, 0.1) is 6.92 Å². The maximum absolute atomic E-state index is 10.6. The number of pyridine rings is 1. The molecule has 0 aliphatic carbocycles. The van der Waals surface area contributed by atoms with Crippen LogP contribution in [0.1, 0.15) is 62.5 Å². The average molecular weight is 602 g/mol. The van der Waals surface area contributed by atoms with Crippen molar-refractivity contribution < 1.29 is 9.84 Å². The predicted molar refractivity (Wildman–Crippen MR) is 176 cm³/mol. The molecule has 0 aliphatic heterocycles. The number of aliphatic hydroxyl groups is 1. The predicted octanol–water partition coefficient (Wildman–Crippen LogP) is 7.17. The molecule has 1 atom stereocenters. The first-order valence-electron chi connectivity index (χ1n) is 15.7. The van der Waals surface area contributed by atoms with Crippen molar-refractivity contribution in [3.05, 3.63) is 102 Å². The highest BCUT2D eigenvalue weighted by Crippen LogP contribution is 2.35. The summed E-state index contributed by atoms with van der Waals surface area (Å²) in [4.78, 5) is 10.2. The summed E-state index contributed by atoms with van der Waals surface area (Å²) in [5, 5.41) is 23.4. The zero-order valence-corrected chi connectivity index (χ0v) is 26.3. The minimum absolute atomic E-state index is 0.120. The normalized spacial score (nSPS) is 12.2. The lowest BCUT2D eigenvalue weighted by molar-refractivity contribution is 0.0159. The van der Waals surface area contributed by atoms with E-state index in [1.54, 1.807) is 4.68 Å². The van der Waals surface area contributed by atoms with Gasteiger partial charge in [-0.15, -0.1) is 5.10 Å². The molecule has 1 unspecified atom stereocenters. The minimum Gasteiger partial charge on any atom is -0.392 e. The molecular formula is C36H39N7O2. The first-order valence-corrected chi connectivity index (χ1v) is 15.7. The van der Waals surface area contributed by atoms with Crippen molar-refractivity contribution in [2.24, 2.45) is 0 Å². The summed E-state index contributed by atoms with van der Waals surface area (Å²) >= 11 is 0. The number of benzene rings is 3. The number of nitrogens with zero attached hydrogens (tertiary/aromatic N) is 7. The maximum Gasteiger partial charge on any atom is 0.185 e. The zero-order chi connectivity index (χ0) is 31.3. The molecule has 0 radical (unpaired) electrons. The van der Waals surface area contributed by atoms with Crippen LogP contribution in [0.15, 0.2) is 78.9 Å². The van der Waals surface area contributed by atoms with Crippen molar-refractivity contribution in [1.29, 1.82) is 0 Å². The summed E-state index contributed by atoms with van der Waals surface area (Å²) in [6.07, 6.45) is 2.54. The SMILES string of the molecule is CCCCc1nc2c(CO)c(-c3ccccc3)c(C)nc2n1Cc1ccc(-c2ccccc2)c(-c2nnnn2C(C)OCC)c1. The summed E-state index contributed by atoms with van der Waals surface area (Å²) in [5.74, 6) is 1.60. The number of aliphatic hydroxyl groups excluding tert-OH is 1. The van der Waals surface area contributed by atoms with Gasteiger partial charge in [0.1, 0.15) is 11.3 Å². The third-order valence-electron chi connectivity index (χ3n) is 8.21. The molecule has 0 bridgehead atoms. The monoisotopic (exact) mass is 601 g/mol. The fourth-order valence-electron chi connectivity index (χ4n) is 6.04. The molecule has 230 valence electrons. The van der Waals surface area contributed by atoms with Crippen LogP contribution in [0.2, 0.25) is 0 Å². The van der Waals surface area contributed by atoms with Crippen LogP contribution in [-0.4, -0.2) is 46.5 Å². The topological polar surface area (TPSA) is 104 Å². The van der Waals surface area contributed by atoms with E-state index in [1.807, 2.05) is 57.2 Å². The van der Waals surface area contributed by atoms with Gasteiger partial charge in [0.25, 0.3) is 0 Å². The number of fused-ring (bicyclic) bond motifs is 1. The summed E-state index contributed by atoms with van der Waals surface area (Å²) < 4.78 is 9.81. The lowest BCUT2D eigenvalue weighted by atomic mass is 9.96. The Hall–Kier alpha value is -4.73. The zero-order valence-electron chi connectivity index (χ0n) is 26.3. The van der Waals surface area contributed by atoms with Crippen molar-refractivity contribution >= 4 is 11.2 Å². The Kier molecular flexibility index (Phi) is 9.09. The van der Waals surface area contributed by atoms with E-state index in [9.17, 15) is 5.11 Å². The van der Waals surface area contributed by atoms with Gasteiger partial charge in [-0.25, -0.2) is 9.97 Å². The Morgan fingerprint density at radius 3 is 2.31 bits per heavy atom. The molecule has 0 spiro atoms. The molecule has 6 rings (SSSR count). The van der Waals surface area contributed by atoms with E-state index in [0.717, 1.165) is 80.9 Å². The van der Waals surface area contributed by atoms with Crippen LogP contribution in [-0.2, 0) is 24.3 Å². The molecule has 3 aromatic carbocycles. The van der Waals surface area contributed by atoms with E-state index in [2.05, 4.69) is 69.5 Å². The highest BCUT2D eigenvalue weighted by molar-refractivity contribution is 5.86. The molecule has 1 N–H and O–H groups in total. The lowest BCUT2D eigenvalue weighted by Gasteiger charge is -2.17. The smallest absolute Gasteiger partial charge is 0.185 e. The Bertz CT molecular complexity index is 1900. The molecule has 0 amide bonds. The number of hydrogen-bond donors (Lipinski definition) is 1. The number of ether oxygens (including phenoxy) is 1. The van der Waals surface area contributed by atoms with E-state index in [4.69, 9.17) is 14.7 Å². The number of aryl methyl sites for hydroxylation is 2. The summed E-state index contributed by atoms with van der Waals surface area (Å²) in [6, 6.07) is 26.8. The van der Waals surface area contributed by atoms with Gasteiger partial charge in [0.2, 0.25) is 0 Å². The van der Waals surface area contributed by atoms with Gasteiger partial charge in [-0.2, -0.15) is 4.68 Å². The Labute approximate surface area is 263 Å². The van der Waals surface area contributed by atoms with Crippen molar-refractivity contribution in [2.45, 2.75) is 66.3 Å². The number of unbranched alkanes of at least 4 members (excludes halogenated alkanes) is 1. The molecule has 6 aromatic rings. The molecule has 3 aromatic heterocycles.